The highest BCUT2D eigenvalue weighted by molar-refractivity contribution is 5.84. The van der Waals surface area contributed by atoms with Crippen molar-refractivity contribution < 1.29 is 14.3 Å². The first-order chi connectivity index (χ1) is 13.0. The minimum absolute atomic E-state index is 0.128. The van der Waals surface area contributed by atoms with Crippen molar-refractivity contribution in [2.45, 2.75) is 31.9 Å². The molecule has 0 N–H and O–H groups in total. The van der Waals surface area contributed by atoms with Gasteiger partial charge in [0.05, 0.1) is 19.8 Å². The summed E-state index contributed by atoms with van der Waals surface area (Å²) in [6, 6.07) is 12.3. The van der Waals surface area contributed by atoms with Crippen LogP contribution in [-0.2, 0) is 16.1 Å². The van der Waals surface area contributed by atoms with Gasteiger partial charge in [-0.2, -0.15) is 0 Å². The molecule has 0 aromatic heterocycles. The Balaban J connectivity index is 1.54. The van der Waals surface area contributed by atoms with Gasteiger partial charge in [0.2, 0.25) is 5.91 Å². The number of benzene rings is 2. The van der Waals surface area contributed by atoms with E-state index in [1.54, 1.807) is 12.0 Å². The zero-order valence-electron chi connectivity index (χ0n) is 16.6. The van der Waals surface area contributed by atoms with Crippen molar-refractivity contribution in [1.29, 1.82) is 0 Å². The molecule has 2 aromatic rings. The van der Waals surface area contributed by atoms with Crippen LogP contribution in [0.15, 0.2) is 36.4 Å². The number of hydrogen-bond acceptors (Lipinski definition) is 4. The number of methoxy groups -OCH3 is 1. The van der Waals surface area contributed by atoms with Gasteiger partial charge < -0.3 is 14.4 Å². The van der Waals surface area contributed by atoms with Crippen LogP contribution in [-0.4, -0.2) is 62.7 Å². The van der Waals surface area contributed by atoms with E-state index in [0.717, 1.165) is 48.1 Å². The number of nitrogens with zero attached hydrogens (tertiary/aromatic N) is 2. The van der Waals surface area contributed by atoms with Gasteiger partial charge in [0.15, 0.2) is 0 Å². The molecule has 27 heavy (non-hydrogen) atoms. The Morgan fingerprint density at radius 1 is 1.15 bits per heavy atom. The predicted molar refractivity (Wildman–Crippen MR) is 108 cm³/mol. The maximum atomic E-state index is 12.6. The lowest BCUT2D eigenvalue weighted by atomic mass is 10.1. The van der Waals surface area contributed by atoms with Gasteiger partial charge in [0.25, 0.3) is 0 Å². The quantitative estimate of drug-likeness (QED) is 0.750. The number of hydrogen-bond donors (Lipinski definition) is 0. The standard InChI is InChI=1S/C22H30N2O3/c1-23(15-21-6-4-5-11-27-21)16-22(25)24(2)14-17-7-8-19-13-20(26-3)10-9-18(19)12-17/h7-10,12-13,21H,4-6,11,14-16H2,1-3H3. The molecule has 0 saturated carbocycles. The van der Waals surface area contributed by atoms with Gasteiger partial charge in [-0.1, -0.05) is 18.2 Å². The average molecular weight is 370 g/mol. The minimum atomic E-state index is 0.128. The highest BCUT2D eigenvalue weighted by Gasteiger charge is 2.18. The third-order valence-corrected chi connectivity index (χ3v) is 5.15. The van der Waals surface area contributed by atoms with Crippen LogP contribution in [0.3, 0.4) is 0 Å². The van der Waals surface area contributed by atoms with Crippen molar-refractivity contribution in [2.24, 2.45) is 0 Å². The van der Waals surface area contributed by atoms with Crippen LogP contribution in [0.1, 0.15) is 24.8 Å². The monoisotopic (exact) mass is 370 g/mol. The zero-order chi connectivity index (χ0) is 19.2. The van der Waals surface area contributed by atoms with E-state index in [4.69, 9.17) is 9.47 Å². The van der Waals surface area contributed by atoms with Crippen LogP contribution in [0.5, 0.6) is 5.75 Å². The molecule has 0 bridgehead atoms. The molecule has 5 nitrogen and oxygen atoms in total. The predicted octanol–water partition coefficient (Wildman–Crippen LogP) is 3.31. The van der Waals surface area contributed by atoms with Gasteiger partial charge in [0.1, 0.15) is 5.75 Å². The Morgan fingerprint density at radius 3 is 2.67 bits per heavy atom. The second-order valence-corrected chi connectivity index (χ2v) is 7.48. The van der Waals surface area contributed by atoms with Crippen LogP contribution >= 0.6 is 0 Å². The van der Waals surface area contributed by atoms with Gasteiger partial charge in [-0.15, -0.1) is 0 Å². The molecule has 0 radical (unpaired) electrons. The summed E-state index contributed by atoms with van der Waals surface area (Å²) < 4.78 is 11.0. The number of carbonyl (C=O) groups is 1. The molecule has 3 rings (SSSR count). The molecule has 1 saturated heterocycles. The maximum absolute atomic E-state index is 12.6. The largest absolute Gasteiger partial charge is 0.497 e. The molecule has 1 aliphatic heterocycles. The summed E-state index contributed by atoms with van der Waals surface area (Å²) >= 11 is 0. The lowest BCUT2D eigenvalue weighted by molar-refractivity contribution is -0.131. The third kappa shape index (κ3) is 5.44. The third-order valence-electron chi connectivity index (χ3n) is 5.15. The van der Waals surface area contributed by atoms with Gasteiger partial charge in [0, 0.05) is 26.7 Å². The van der Waals surface area contributed by atoms with E-state index in [9.17, 15) is 4.79 Å². The molecule has 2 aromatic carbocycles. The lowest BCUT2D eigenvalue weighted by Crippen LogP contribution is -2.40. The van der Waals surface area contributed by atoms with E-state index in [0.29, 0.717) is 13.1 Å². The summed E-state index contributed by atoms with van der Waals surface area (Å²) in [5.74, 6) is 0.982. The first kappa shape index (κ1) is 19.6. The first-order valence-electron chi connectivity index (χ1n) is 9.66. The second kappa shape index (κ2) is 9.20. The smallest absolute Gasteiger partial charge is 0.236 e. The zero-order valence-corrected chi connectivity index (χ0v) is 16.6. The molecular weight excluding hydrogens is 340 g/mol. The Labute approximate surface area is 161 Å². The summed E-state index contributed by atoms with van der Waals surface area (Å²) in [4.78, 5) is 16.4. The van der Waals surface area contributed by atoms with Crippen molar-refractivity contribution in [3.8, 4) is 5.75 Å². The Bertz CT molecular complexity index is 771. The van der Waals surface area contributed by atoms with Crippen LogP contribution in [0.4, 0.5) is 0 Å². The second-order valence-electron chi connectivity index (χ2n) is 7.48. The van der Waals surface area contributed by atoms with E-state index in [-0.39, 0.29) is 12.0 Å². The van der Waals surface area contributed by atoms with E-state index in [2.05, 4.69) is 29.2 Å². The fourth-order valence-corrected chi connectivity index (χ4v) is 3.58. The fourth-order valence-electron chi connectivity index (χ4n) is 3.58. The van der Waals surface area contributed by atoms with Crippen molar-refractivity contribution in [3.05, 3.63) is 42.0 Å². The molecule has 5 heteroatoms. The van der Waals surface area contributed by atoms with Gasteiger partial charge in [-0.05, 0) is 60.8 Å². The molecule has 146 valence electrons. The van der Waals surface area contributed by atoms with Crippen LogP contribution in [0, 0.1) is 0 Å². The van der Waals surface area contributed by atoms with E-state index >= 15 is 0 Å². The van der Waals surface area contributed by atoms with E-state index in [1.807, 2.05) is 26.2 Å². The summed E-state index contributed by atoms with van der Waals surface area (Å²) in [5.41, 5.74) is 1.13. The minimum Gasteiger partial charge on any atom is -0.497 e. The molecule has 1 amide bonds. The molecule has 0 aliphatic carbocycles. The average Bonchev–Trinajstić information content (AvgIpc) is 2.68. The molecule has 1 fully saturated rings. The van der Waals surface area contributed by atoms with Crippen molar-refractivity contribution in [3.63, 3.8) is 0 Å². The summed E-state index contributed by atoms with van der Waals surface area (Å²) in [7, 11) is 5.53. The highest BCUT2D eigenvalue weighted by atomic mass is 16.5. The topological polar surface area (TPSA) is 42.0 Å². The van der Waals surface area contributed by atoms with E-state index < -0.39 is 0 Å². The van der Waals surface area contributed by atoms with Crippen molar-refractivity contribution in [2.75, 3.05) is 40.9 Å². The van der Waals surface area contributed by atoms with Gasteiger partial charge in [-0.3, -0.25) is 9.69 Å². The molecule has 1 aliphatic rings. The number of likely N-dealkylation sites (N-methyl/N-ethyl adjacent to an activating group) is 2. The Kier molecular flexibility index (Phi) is 6.69. The van der Waals surface area contributed by atoms with Gasteiger partial charge in [-0.25, -0.2) is 0 Å². The van der Waals surface area contributed by atoms with Crippen LogP contribution in [0.25, 0.3) is 10.8 Å². The van der Waals surface area contributed by atoms with Crippen molar-refractivity contribution in [1.82, 2.24) is 9.80 Å². The summed E-state index contributed by atoms with van der Waals surface area (Å²) in [6.45, 7) is 2.69. The summed E-state index contributed by atoms with van der Waals surface area (Å²) in [5, 5.41) is 2.29. The Morgan fingerprint density at radius 2 is 1.93 bits per heavy atom. The van der Waals surface area contributed by atoms with Gasteiger partial charge >= 0.3 is 0 Å². The Hall–Kier alpha value is -2.11. The maximum Gasteiger partial charge on any atom is 0.236 e. The van der Waals surface area contributed by atoms with E-state index in [1.165, 1.54) is 6.42 Å². The molecule has 1 unspecified atom stereocenters. The molecule has 0 spiro atoms. The molecular formula is C22H30N2O3. The van der Waals surface area contributed by atoms with Crippen LogP contribution in [0.2, 0.25) is 0 Å². The normalized spacial score (nSPS) is 17.3. The van der Waals surface area contributed by atoms with Crippen LogP contribution < -0.4 is 4.74 Å². The number of rotatable bonds is 7. The van der Waals surface area contributed by atoms with Crippen molar-refractivity contribution >= 4 is 16.7 Å². The SMILES string of the molecule is COc1ccc2cc(CN(C)C(=O)CN(C)CC3CCCCO3)ccc2c1. The molecule has 1 heterocycles. The lowest BCUT2D eigenvalue weighted by Gasteiger charge is -2.28. The fraction of sp³-hybridized carbons (Fsp3) is 0.500. The first-order valence-corrected chi connectivity index (χ1v) is 9.66. The highest BCUT2D eigenvalue weighted by Crippen LogP contribution is 2.22. The number of ether oxygens (including phenoxy) is 2. The number of amides is 1. The number of carbonyl (C=O) groups excluding carboxylic acids is 1. The molecule has 1 atom stereocenters. The number of fused-ring (bicyclic) bond motifs is 1. The summed E-state index contributed by atoms with van der Waals surface area (Å²) in [6.07, 6.45) is 3.73.